The molecule has 0 aromatic heterocycles. The lowest BCUT2D eigenvalue weighted by Gasteiger charge is -2.04. The zero-order chi connectivity index (χ0) is 9.54. The fourth-order valence-corrected chi connectivity index (χ4v) is 2.95. The number of benzene rings is 2. The third-order valence-electron chi connectivity index (χ3n) is 2.85. The molecule has 0 nitrogen and oxygen atoms in total. The van der Waals surface area contributed by atoms with Gasteiger partial charge in [-0.25, -0.2) is 0 Å². The van der Waals surface area contributed by atoms with Crippen LogP contribution in [0.5, 0.6) is 0 Å². The second kappa shape index (κ2) is 2.82. The van der Waals surface area contributed by atoms with E-state index in [-0.39, 0.29) is 0 Å². The van der Waals surface area contributed by atoms with Crippen LogP contribution in [-0.4, -0.2) is 10.2 Å². The topological polar surface area (TPSA) is 0 Å². The van der Waals surface area contributed by atoms with Crippen LogP contribution in [0.1, 0.15) is 11.1 Å². The van der Waals surface area contributed by atoms with Crippen LogP contribution < -0.4 is 5.19 Å². The van der Waals surface area contributed by atoms with Crippen molar-refractivity contribution >= 4 is 15.4 Å². The molecule has 3 rings (SSSR count). The first-order valence-corrected chi connectivity index (χ1v) is 5.90. The van der Waals surface area contributed by atoms with Crippen LogP contribution in [0.4, 0.5) is 0 Å². The highest BCUT2D eigenvalue weighted by atomic mass is 28.1. The number of fused-ring (bicyclic) bond motifs is 3. The highest BCUT2D eigenvalue weighted by Crippen LogP contribution is 2.35. The molecule has 67 valence electrons. The second-order valence-electron chi connectivity index (χ2n) is 3.77. The van der Waals surface area contributed by atoms with Gasteiger partial charge >= 0.3 is 0 Å². The molecule has 0 amide bonds. The van der Waals surface area contributed by atoms with Crippen molar-refractivity contribution in [1.82, 2.24) is 0 Å². The summed E-state index contributed by atoms with van der Waals surface area (Å²) in [7, 11) is 1.12. The molecule has 0 atom stereocenters. The predicted molar refractivity (Wildman–Crippen MR) is 64.0 cm³/mol. The summed E-state index contributed by atoms with van der Waals surface area (Å²) in [6.07, 6.45) is 2.28. The Labute approximate surface area is 87.0 Å². The van der Waals surface area contributed by atoms with Crippen LogP contribution in [0.2, 0.25) is 0 Å². The fourth-order valence-electron chi connectivity index (χ4n) is 2.20. The fraction of sp³-hybridized carbons (Fsp3) is 0. The maximum atomic E-state index is 2.28. The standard InChI is InChI=1S/C13H11Si/c14-12-7-3-5-10-8-9-4-1-2-6-11(9)13(10)12/h1-8H,14H3. The van der Waals surface area contributed by atoms with Crippen molar-refractivity contribution in [3.05, 3.63) is 60.0 Å². The first-order chi connectivity index (χ1) is 6.86. The summed E-state index contributed by atoms with van der Waals surface area (Å²) in [5.41, 5.74) is 5.63. The minimum absolute atomic E-state index is 1.12. The number of rotatable bonds is 0. The molecular formula is C13H11Si. The molecule has 0 saturated carbocycles. The van der Waals surface area contributed by atoms with Gasteiger partial charge in [-0.1, -0.05) is 47.7 Å². The van der Waals surface area contributed by atoms with Gasteiger partial charge < -0.3 is 0 Å². The van der Waals surface area contributed by atoms with E-state index in [9.17, 15) is 0 Å². The van der Waals surface area contributed by atoms with Crippen LogP contribution in [0.25, 0.3) is 11.1 Å². The van der Waals surface area contributed by atoms with E-state index < -0.39 is 0 Å². The van der Waals surface area contributed by atoms with Crippen molar-refractivity contribution < 1.29 is 0 Å². The van der Waals surface area contributed by atoms with Gasteiger partial charge in [-0.2, -0.15) is 0 Å². The van der Waals surface area contributed by atoms with Crippen LogP contribution in [0, 0.1) is 6.42 Å². The number of hydrogen-bond donors (Lipinski definition) is 0. The van der Waals surface area contributed by atoms with E-state index in [2.05, 4.69) is 48.9 Å². The van der Waals surface area contributed by atoms with Crippen LogP contribution in [0.3, 0.4) is 0 Å². The van der Waals surface area contributed by atoms with Gasteiger partial charge in [0.05, 0.1) is 0 Å². The molecule has 0 spiro atoms. The maximum Gasteiger partial charge on any atom is 0.0393 e. The summed E-state index contributed by atoms with van der Waals surface area (Å²) in [6.45, 7) is 0. The predicted octanol–water partition coefficient (Wildman–Crippen LogP) is 1.26. The molecule has 0 fully saturated rings. The Balaban J connectivity index is 2.35. The van der Waals surface area contributed by atoms with E-state index in [1.807, 2.05) is 0 Å². The Morgan fingerprint density at radius 1 is 0.786 bits per heavy atom. The summed E-state index contributed by atoms with van der Waals surface area (Å²) in [6, 6.07) is 15.2. The molecule has 14 heavy (non-hydrogen) atoms. The molecule has 0 heterocycles. The Bertz CT molecular complexity index is 500. The molecule has 2 aromatic rings. The highest BCUT2D eigenvalue weighted by Gasteiger charge is 2.18. The van der Waals surface area contributed by atoms with Crippen molar-refractivity contribution in [1.29, 1.82) is 0 Å². The van der Waals surface area contributed by atoms with Gasteiger partial charge in [0.25, 0.3) is 0 Å². The van der Waals surface area contributed by atoms with E-state index in [1.54, 1.807) is 0 Å². The normalized spacial score (nSPS) is 12.6. The Kier molecular flexibility index (Phi) is 1.61. The summed E-state index contributed by atoms with van der Waals surface area (Å²) < 4.78 is 0. The van der Waals surface area contributed by atoms with Gasteiger partial charge in [0.15, 0.2) is 0 Å². The summed E-state index contributed by atoms with van der Waals surface area (Å²) in [5.74, 6) is 0. The van der Waals surface area contributed by atoms with E-state index >= 15 is 0 Å². The van der Waals surface area contributed by atoms with Gasteiger partial charge in [-0.05, 0) is 22.3 Å². The van der Waals surface area contributed by atoms with E-state index in [1.165, 1.54) is 27.4 Å². The van der Waals surface area contributed by atoms with Gasteiger partial charge in [-0.15, -0.1) is 0 Å². The molecule has 1 heteroatoms. The maximum absolute atomic E-state index is 2.28. The average Bonchev–Trinajstić information content (AvgIpc) is 2.57. The van der Waals surface area contributed by atoms with Crippen molar-refractivity contribution in [2.24, 2.45) is 0 Å². The number of hydrogen-bond acceptors (Lipinski definition) is 0. The van der Waals surface area contributed by atoms with E-state index in [0.717, 1.165) is 10.2 Å². The minimum Gasteiger partial charge on any atom is -0.0634 e. The Hall–Kier alpha value is -1.34. The zero-order valence-electron chi connectivity index (χ0n) is 8.12. The molecular weight excluding hydrogens is 184 g/mol. The van der Waals surface area contributed by atoms with Crippen molar-refractivity contribution in [3.63, 3.8) is 0 Å². The quantitative estimate of drug-likeness (QED) is 0.474. The van der Waals surface area contributed by atoms with Gasteiger partial charge in [0.2, 0.25) is 0 Å². The minimum atomic E-state index is 1.12. The van der Waals surface area contributed by atoms with Crippen molar-refractivity contribution in [2.75, 3.05) is 0 Å². The molecule has 1 radical (unpaired) electrons. The third kappa shape index (κ3) is 0.992. The first kappa shape index (κ1) is 8.01. The first-order valence-electron chi connectivity index (χ1n) is 4.90. The van der Waals surface area contributed by atoms with Gasteiger partial charge in [0.1, 0.15) is 0 Å². The smallest absolute Gasteiger partial charge is 0.0393 e. The van der Waals surface area contributed by atoms with Gasteiger partial charge in [0, 0.05) is 16.7 Å². The molecule has 0 bridgehead atoms. The molecule has 0 aliphatic heterocycles. The summed E-state index contributed by atoms with van der Waals surface area (Å²) >= 11 is 0. The largest absolute Gasteiger partial charge is 0.0634 e. The average molecular weight is 195 g/mol. The van der Waals surface area contributed by atoms with Crippen LogP contribution >= 0.6 is 0 Å². The lowest BCUT2D eigenvalue weighted by Crippen LogP contribution is -2.05. The monoisotopic (exact) mass is 195 g/mol. The van der Waals surface area contributed by atoms with Crippen LogP contribution in [-0.2, 0) is 0 Å². The Morgan fingerprint density at radius 3 is 2.50 bits per heavy atom. The molecule has 0 N–H and O–H groups in total. The van der Waals surface area contributed by atoms with Gasteiger partial charge in [-0.3, -0.25) is 0 Å². The summed E-state index contributed by atoms with van der Waals surface area (Å²) in [4.78, 5) is 0. The van der Waals surface area contributed by atoms with Crippen molar-refractivity contribution in [3.8, 4) is 11.1 Å². The van der Waals surface area contributed by atoms with Crippen molar-refractivity contribution in [2.45, 2.75) is 0 Å². The third-order valence-corrected chi connectivity index (χ3v) is 3.68. The lowest BCUT2D eigenvalue weighted by molar-refractivity contribution is 1.55. The Morgan fingerprint density at radius 2 is 1.57 bits per heavy atom. The summed E-state index contributed by atoms with van der Waals surface area (Å²) in [5, 5.41) is 1.50. The van der Waals surface area contributed by atoms with E-state index in [0.29, 0.717) is 0 Å². The molecule has 1 aliphatic rings. The lowest BCUT2D eigenvalue weighted by atomic mass is 10.1. The molecule has 0 unspecified atom stereocenters. The second-order valence-corrected chi connectivity index (χ2v) is 4.85. The zero-order valence-corrected chi connectivity index (χ0v) is 10.1. The molecule has 0 saturated heterocycles. The SMILES string of the molecule is [SiH3]c1cccc2c1-c1ccccc1[CH]2. The van der Waals surface area contributed by atoms with E-state index in [4.69, 9.17) is 0 Å². The molecule has 2 aromatic carbocycles. The van der Waals surface area contributed by atoms with Crippen LogP contribution in [0.15, 0.2) is 42.5 Å². The molecule has 1 aliphatic carbocycles. The highest BCUT2D eigenvalue weighted by molar-refractivity contribution is 6.36.